The summed E-state index contributed by atoms with van der Waals surface area (Å²) in [5.74, 6) is -0.598. The molecule has 1 fully saturated rings. The van der Waals surface area contributed by atoms with Crippen molar-refractivity contribution in [2.24, 2.45) is 13.0 Å². The first kappa shape index (κ1) is 26.7. The van der Waals surface area contributed by atoms with Crippen molar-refractivity contribution in [2.45, 2.75) is 44.7 Å². The number of aliphatic carboxylic acids is 1. The summed E-state index contributed by atoms with van der Waals surface area (Å²) in [7, 11) is 1.94. The first-order valence-corrected chi connectivity index (χ1v) is 13.5. The third-order valence-corrected chi connectivity index (χ3v) is 7.68. The van der Waals surface area contributed by atoms with Gasteiger partial charge in [0, 0.05) is 50.1 Å². The molecule has 0 spiro atoms. The average molecular weight is 535 g/mol. The summed E-state index contributed by atoms with van der Waals surface area (Å²) >= 11 is 0. The topological polar surface area (TPSA) is 101 Å². The van der Waals surface area contributed by atoms with Gasteiger partial charge in [0.05, 0.1) is 12.5 Å². The zero-order valence-electron chi connectivity index (χ0n) is 22.5. The van der Waals surface area contributed by atoms with Crippen LogP contribution in [0.5, 0.6) is 11.5 Å². The fourth-order valence-corrected chi connectivity index (χ4v) is 5.74. The van der Waals surface area contributed by atoms with E-state index in [0.717, 1.165) is 24.1 Å². The van der Waals surface area contributed by atoms with Crippen molar-refractivity contribution in [1.29, 1.82) is 0 Å². The Hall–Kier alpha value is -3.92. The summed E-state index contributed by atoms with van der Waals surface area (Å²) in [6, 6.07) is 11.0. The number of hydrogen-bond donors (Lipinski definition) is 1. The Morgan fingerprint density at radius 3 is 2.79 bits per heavy atom. The van der Waals surface area contributed by atoms with Gasteiger partial charge in [-0.3, -0.25) is 19.2 Å². The molecule has 206 valence electrons. The Morgan fingerprint density at radius 1 is 1.21 bits per heavy atom. The number of benzene rings is 1. The second kappa shape index (κ2) is 11.9. The molecule has 2 aliphatic rings. The molecule has 1 amide bonds. The molecule has 3 atom stereocenters. The largest absolute Gasteiger partial charge is 0.481 e. The van der Waals surface area contributed by atoms with Gasteiger partial charge in [0.15, 0.2) is 23.9 Å². The fraction of sp³-hybridized carbons (Fsp3) is 0.448. The number of nitrogens with zero attached hydrogens (tertiary/aromatic N) is 5. The number of hydrogen-bond acceptors (Lipinski definition) is 6. The summed E-state index contributed by atoms with van der Waals surface area (Å²) in [5, 5.41) is 14.8. The van der Waals surface area contributed by atoms with Crippen LogP contribution in [0.2, 0.25) is 0 Å². The summed E-state index contributed by atoms with van der Waals surface area (Å²) in [6.45, 7) is 4.02. The molecule has 1 saturated heterocycles. The third-order valence-electron chi connectivity index (χ3n) is 7.68. The molecule has 4 heterocycles. The minimum atomic E-state index is -0.865. The number of carboxylic acids is 1. The number of fused-ring (bicyclic) bond motifs is 1. The van der Waals surface area contributed by atoms with Crippen LogP contribution in [-0.2, 0) is 23.2 Å². The summed E-state index contributed by atoms with van der Waals surface area (Å²) < 4.78 is 14.8. The van der Waals surface area contributed by atoms with Crippen molar-refractivity contribution in [3.8, 4) is 11.5 Å². The molecule has 3 aromatic rings. The number of ether oxygens (including phenoxy) is 2. The number of likely N-dealkylation sites (tertiary alicyclic amines) is 1. The SMILES string of the molecule is CCCCN(C(=O)CN1C[C@H](c2ccc3c(c2)OCO3)[C@@H](C(=O)O)[C@@H]1CCn1cccn1)c1ccc[n+](C)c1. The van der Waals surface area contributed by atoms with E-state index in [1.807, 2.05) is 76.2 Å². The van der Waals surface area contributed by atoms with Crippen LogP contribution in [0.25, 0.3) is 0 Å². The maximum absolute atomic E-state index is 13.8. The van der Waals surface area contributed by atoms with Crippen LogP contribution < -0.4 is 18.9 Å². The van der Waals surface area contributed by atoms with Gasteiger partial charge < -0.3 is 19.5 Å². The first-order valence-electron chi connectivity index (χ1n) is 13.5. The quantitative estimate of drug-likeness (QED) is 0.378. The van der Waals surface area contributed by atoms with Crippen molar-refractivity contribution < 1.29 is 28.7 Å². The van der Waals surface area contributed by atoms with Crippen LogP contribution in [0.1, 0.15) is 37.7 Å². The summed E-state index contributed by atoms with van der Waals surface area (Å²) in [5.41, 5.74) is 1.72. The summed E-state index contributed by atoms with van der Waals surface area (Å²) in [4.78, 5) is 30.5. The lowest BCUT2D eigenvalue weighted by atomic mass is 9.84. The first-order chi connectivity index (χ1) is 18.9. The van der Waals surface area contributed by atoms with Crippen LogP contribution in [0.3, 0.4) is 0 Å². The van der Waals surface area contributed by atoms with E-state index in [0.29, 0.717) is 37.6 Å². The highest BCUT2D eigenvalue weighted by atomic mass is 16.7. The molecule has 2 aliphatic heterocycles. The molecule has 1 aromatic carbocycles. The van der Waals surface area contributed by atoms with Gasteiger partial charge in [-0.15, -0.1) is 0 Å². The lowest BCUT2D eigenvalue weighted by Gasteiger charge is -2.29. The highest BCUT2D eigenvalue weighted by Crippen LogP contribution is 2.42. The molecule has 10 nitrogen and oxygen atoms in total. The Labute approximate surface area is 228 Å². The van der Waals surface area contributed by atoms with Gasteiger partial charge in [-0.25, -0.2) is 4.57 Å². The van der Waals surface area contributed by atoms with Crippen LogP contribution in [-0.4, -0.2) is 64.1 Å². The highest BCUT2D eigenvalue weighted by Gasteiger charge is 2.47. The van der Waals surface area contributed by atoms with E-state index in [2.05, 4.69) is 16.9 Å². The molecule has 0 radical (unpaired) electrons. The van der Waals surface area contributed by atoms with Gasteiger partial charge in [0.25, 0.3) is 0 Å². The number of carbonyl (C=O) groups excluding carboxylic acids is 1. The van der Waals surface area contributed by atoms with E-state index in [1.165, 1.54) is 0 Å². The smallest absolute Gasteiger partial charge is 0.308 e. The Bertz CT molecular complexity index is 1300. The van der Waals surface area contributed by atoms with Gasteiger partial charge in [0.2, 0.25) is 12.7 Å². The number of rotatable bonds is 11. The van der Waals surface area contributed by atoms with Crippen LogP contribution in [0.4, 0.5) is 5.69 Å². The maximum atomic E-state index is 13.8. The minimum absolute atomic E-state index is 0.0331. The molecule has 0 bridgehead atoms. The van der Waals surface area contributed by atoms with Gasteiger partial charge in [-0.05, 0) is 42.7 Å². The van der Waals surface area contributed by atoms with E-state index in [4.69, 9.17) is 9.47 Å². The standard InChI is InChI=1S/C29H35N5O5/c1-3-4-14-34(22-7-5-12-31(2)17-22)27(35)19-32-18-23(21-8-9-25-26(16-21)39-20-38-25)28(29(36)37)24(32)10-15-33-13-6-11-30-33/h5-9,11-13,16-17,23-24,28H,3-4,10,14-15,18-20H2,1-2H3/p+1/t23-,24+,28-/m1/s1. The molecule has 2 aromatic heterocycles. The number of carbonyl (C=O) groups is 2. The van der Waals surface area contributed by atoms with Gasteiger partial charge in [-0.2, -0.15) is 5.10 Å². The lowest BCUT2D eigenvalue weighted by Crippen LogP contribution is -2.45. The number of anilines is 1. The minimum Gasteiger partial charge on any atom is -0.481 e. The van der Waals surface area contributed by atoms with Gasteiger partial charge >= 0.3 is 5.97 Å². The molecule has 39 heavy (non-hydrogen) atoms. The highest BCUT2D eigenvalue weighted by molar-refractivity contribution is 5.94. The normalized spacial score (nSPS) is 20.3. The molecular formula is C29H36N5O5+. The Balaban J connectivity index is 1.43. The predicted molar refractivity (Wildman–Crippen MR) is 144 cm³/mol. The Morgan fingerprint density at radius 2 is 2.05 bits per heavy atom. The second-order valence-electron chi connectivity index (χ2n) is 10.3. The lowest BCUT2D eigenvalue weighted by molar-refractivity contribution is -0.670. The second-order valence-corrected chi connectivity index (χ2v) is 10.3. The number of aromatic nitrogens is 3. The van der Waals surface area contributed by atoms with Gasteiger partial charge in [0.1, 0.15) is 12.7 Å². The summed E-state index contributed by atoms with van der Waals surface area (Å²) in [6.07, 6.45) is 9.87. The molecule has 1 N–H and O–H groups in total. The van der Waals surface area contributed by atoms with E-state index in [9.17, 15) is 14.7 Å². The fourth-order valence-electron chi connectivity index (χ4n) is 5.74. The monoisotopic (exact) mass is 534 g/mol. The molecule has 0 unspecified atom stereocenters. The molecule has 5 rings (SSSR count). The zero-order chi connectivity index (χ0) is 27.4. The molecule has 0 aliphatic carbocycles. The van der Waals surface area contributed by atoms with E-state index in [1.54, 1.807) is 6.20 Å². The molecule has 0 saturated carbocycles. The Kier molecular flexibility index (Phi) is 8.11. The van der Waals surface area contributed by atoms with Crippen LogP contribution >= 0.6 is 0 Å². The van der Waals surface area contributed by atoms with Gasteiger partial charge in [-0.1, -0.05) is 19.4 Å². The zero-order valence-corrected chi connectivity index (χ0v) is 22.5. The van der Waals surface area contributed by atoms with Crippen molar-refractivity contribution in [2.75, 3.05) is 31.3 Å². The maximum Gasteiger partial charge on any atom is 0.308 e. The number of unbranched alkanes of at least 4 members (excludes halogenated alkanes) is 1. The molecule has 10 heteroatoms. The average Bonchev–Trinajstić information content (AvgIpc) is 3.67. The number of amides is 1. The van der Waals surface area contributed by atoms with Crippen molar-refractivity contribution >= 4 is 17.6 Å². The molecular weight excluding hydrogens is 498 g/mol. The predicted octanol–water partition coefficient (Wildman–Crippen LogP) is 2.83. The van der Waals surface area contributed by atoms with Crippen molar-refractivity contribution in [3.63, 3.8) is 0 Å². The van der Waals surface area contributed by atoms with Crippen LogP contribution in [0, 0.1) is 5.92 Å². The van der Waals surface area contributed by atoms with Crippen molar-refractivity contribution in [3.05, 3.63) is 66.7 Å². The third kappa shape index (κ3) is 5.90. The number of pyridine rings is 1. The number of aryl methyl sites for hydroxylation is 2. The van der Waals surface area contributed by atoms with E-state index >= 15 is 0 Å². The van der Waals surface area contributed by atoms with E-state index in [-0.39, 0.29) is 31.2 Å². The van der Waals surface area contributed by atoms with Crippen molar-refractivity contribution in [1.82, 2.24) is 14.7 Å². The number of carboxylic acid groups (broad SMARTS) is 1. The van der Waals surface area contributed by atoms with Crippen LogP contribution in [0.15, 0.2) is 61.2 Å². The van der Waals surface area contributed by atoms with E-state index < -0.39 is 11.9 Å².